The van der Waals surface area contributed by atoms with Crippen LogP contribution in [0.25, 0.3) is 0 Å². The molecule has 1 N–H and O–H groups in total. The second kappa shape index (κ2) is 8.34. The van der Waals surface area contributed by atoms with Crippen LogP contribution >= 0.6 is 0 Å². The summed E-state index contributed by atoms with van der Waals surface area (Å²) in [4.78, 5) is 16.5. The van der Waals surface area contributed by atoms with Gasteiger partial charge in [0.1, 0.15) is 0 Å². The monoisotopic (exact) mass is 317 g/mol. The van der Waals surface area contributed by atoms with Crippen molar-refractivity contribution in [2.24, 2.45) is 11.8 Å². The number of hydrogen-bond acceptors (Lipinski definition) is 3. The molecule has 0 bridgehead atoms. The third kappa shape index (κ3) is 5.24. The Bertz CT molecular complexity index is 513. The van der Waals surface area contributed by atoms with E-state index in [1.165, 1.54) is 24.1 Å². The van der Waals surface area contributed by atoms with E-state index >= 15 is 0 Å². The Morgan fingerprint density at radius 3 is 2.78 bits per heavy atom. The molecule has 4 nitrogen and oxygen atoms in total. The molecule has 1 atom stereocenters. The summed E-state index contributed by atoms with van der Waals surface area (Å²) < 4.78 is 0. The molecule has 0 saturated carbocycles. The second-order valence-corrected chi connectivity index (χ2v) is 7.17. The van der Waals surface area contributed by atoms with Gasteiger partial charge >= 0.3 is 0 Å². The number of anilines is 1. The maximum atomic E-state index is 11.7. The van der Waals surface area contributed by atoms with E-state index in [-0.39, 0.29) is 11.8 Å². The number of para-hydroxylation sites is 1. The van der Waals surface area contributed by atoms with Gasteiger partial charge in [0.2, 0.25) is 5.91 Å². The minimum absolute atomic E-state index is 0.0710. The van der Waals surface area contributed by atoms with Crippen molar-refractivity contribution < 1.29 is 4.79 Å². The predicted octanol–water partition coefficient (Wildman–Crippen LogP) is 2.74. The summed E-state index contributed by atoms with van der Waals surface area (Å²) in [5.41, 5.74) is 2.67. The molecule has 1 heterocycles. The first-order valence-corrected chi connectivity index (χ1v) is 8.72. The first-order chi connectivity index (χ1) is 11.0. The van der Waals surface area contributed by atoms with Crippen molar-refractivity contribution in [3.8, 4) is 0 Å². The van der Waals surface area contributed by atoms with Gasteiger partial charge in [0, 0.05) is 45.3 Å². The fourth-order valence-corrected chi connectivity index (χ4v) is 3.23. The first kappa shape index (κ1) is 17.8. The number of carbonyl (C=O) groups excluding carboxylic acids is 1. The van der Waals surface area contributed by atoms with E-state index < -0.39 is 0 Å². The summed E-state index contributed by atoms with van der Waals surface area (Å²) in [6.45, 7) is 7.91. The number of carbonyl (C=O) groups is 1. The van der Waals surface area contributed by atoms with Gasteiger partial charge < -0.3 is 10.2 Å². The Hall–Kier alpha value is -1.55. The predicted molar refractivity (Wildman–Crippen MR) is 96.6 cm³/mol. The molecular formula is C19H31N3O. The number of amides is 1. The lowest BCUT2D eigenvalue weighted by atomic mass is 9.97. The van der Waals surface area contributed by atoms with Crippen LogP contribution in [0.15, 0.2) is 24.3 Å². The highest BCUT2D eigenvalue weighted by Crippen LogP contribution is 2.23. The van der Waals surface area contributed by atoms with Gasteiger partial charge in [-0.25, -0.2) is 0 Å². The Kier molecular flexibility index (Phi) is 6.46. The molecule has 0 unspecified atom stereocenters. The van der Waals surface area contributed by atoms with E-state index in [0.717, 1.165) is 26.2 Å². The van der Waals surface area contributed by atoms with Gasteiger partial charge in [-0.2, -0.15) is 0 Å². The molecule has 2 rings (SSSR count). The lowest BCUT2D eigenvalue weighted by Gasteiger charge is -2.33. The van der Waals surface area contributed by atoms with Gasteiger partial charge in [0.15, 0.2) is 0 Å². The number of nitrogens with zero attached hydrogens (tertiary/aromatic N) is 2. The highest BCUT2D eigenvalue weighted by molar-refractivity contribution is 5.77. The minimum Gasteiger partial charge on any atom is -0.377 e. The van der Waals surface area contributed by atoms with Crippen LogP contribution in [0.5, 0.6) is 0 Å². The summed E-state index contributed by atoms with van der Waals surface area (Å²) >= 11 is 0. The molecule has 1 fully saturated rings. The molecular weight excluding hydrogens is 286 g/mol. The van der Waals surface area contributed by atoms with E-state index in [0.29, 0.717) is 5.92 Å². The van der Waals surface area contributed by atoms with Crippen molar-refractivity contribution in [2.75, 3.05) is 38.6 Å². The lowest BCUT2D eigenvalue weighted by Crippen LogP contribution is -2.41. The zero-order valence-electron chi connectivity index (χ0n) is 15.0. The van der Waals surface area contributed by atoms with E-state index in [2.05, 4.69) is 53.5 Å². The van der Waals surface area contributed by atoms with Crippen LogP contribution < -0.4 is 10.2 Å². The fourth-order valence-electron chi connectivity index (χ4n) is 3.23. The van der Waals surface area contributed by atoms with Gasteiger partial charge in [-0.3, -0.25) is 9.69 Å². The van der Waals surface area contributed by atoms with Crippen molar-refractivity contribution >= 4 is 11.6 Å². The molecule has 1 amide bonds. The van der Waals surface area contributed by atoms with Crippen molar-refractivity contribution in [1.82, 2.24) is 10.2 Å². The molecule has 23 heavy (non-hydrogen) atoms. The van der Waals surface area contributed by atoms with Crippen LogP contribution in [0.4, 0.5) is 5.69 Å². The summed E-state index contributed by atoms with van der Waals surface area (Å²) in [6, 6.07) is 8.62. The van der Waals surface area contributed by atoms with Gasteiger partial charge in [-0.15, -0.1) is 0 Å². The summed E-state index contributed by atoms with van der Waals surface area (Å²) in [5, 5.41) is 3.09. The van der Waals surface area contributed by atoms with Crippen LogP contribution in [-0.4, -0.2) is 44.5 Å². The molecule has 0 aromatic heterocycles. The SMILES string of the molecule is CC(C)C(=O)NC[C@@H]1CCCN(Cc2ccccc2N(C)C)C1. The Morgan fingerprint density at radius 2 is 2.09 bits per heavy atom. The van der Waals surface area contributed by atoms with E-state index in [1.54, 1.807) is 0 Å². The van der Waals surface area contributed by atoms with Gasteiger partial charge in [0.25, 0.3) is 0 Å². The number of piperidine rings is 1. The fraction of sp³-hybridized carbons (Fsp3) is 0.632. The highest BCUT2D eigenvalue weighted by Gasteiger charge is 2.21. The standard InChI is InChI=1S/C19H31N3O/c1-15(2)19(23)20-12-16-8-7-11-22(13-16)14-17-9-5-6-10-18(17)21(3)4/h5-6,9-10,15-16H,7-8,11-14H2,1-4H3,(H,20,23)/t16-/m0/s1. The van der Waals surface area contributed by atoms with Gasteiger partial charge in [-0.05, 0) is 36.9 Å². The summed E-state index contributed by atoms with van der Waals surface area (Å²) in [6.07, 6.45) is 2.43. The van der Waals surface area contributed by atoms with Crippen LogP contribution in [0.1, 0.15) is 32.3 Å². The molecule has 4 heteroatoms. The van der Waals surface area contributed by atoms with Crippen LogP contribution in [0, 0.1) is 11.8 Å². The van der Waals surface area contributed by atoms with Crippen molar-refractivity contribution in [2.45, 2.75) is 33.2 Å². The Balaban J connectivity index is 1.90. The lowest BCUT2D eigenvalue weighted by molar-refractivity contribution is -0.124. The third-order valence-corrected chi connectivity index (χ3v) is 4.56. The quantitative estimate of drug-likeness (QED) is 0.876. The normalized spacial score (nSPS) is 18.9. The number of nitrogens with one attached hydrogen (secondary N) is 1. The largest absolute Gasteiger partial charge is 0.377 e. The van der Waals surface area contributed by atoms with Crippen molar-refractivity contribution in [1.29, 1.82) is 0 Å². The van der Waals surface area contributed by atoms with Crippen LogP contribution in [0.2, 0.25) is 0 Å². The maximum absolute atomic E-state index is 11.7. The van der Waals surface area contributed by atoms with Crippen molar-refractivity contribution in [3.05, 3.63) is 29.8 Å². The highest BCUT2D eigenvalue weighted by atomic mass is 16.1. The molecule has 1 aliphatic rings. The number of likely N-dealkylation sites (tertiary alicyclic amines) is 1. The zero-order chi connectivity index (χ0) is 16.8. The molecule has 0 spiro atoms. The van der Waals surface area contributed by atoms with Crippen LogP contribution in [0.3, 0.4) is 0 Å². The van der Waals surface area contributed by atoms with E-state index in [9.17, 15) is 4.79 Å². The average molecular weight is 317 g/mol. The summed E-state index contributed by atoms with van der Waals surface area (Å²) in [7, 11) is 4.19. The van der Waals surface area contributed by atoms with E-state index in [4.69, 9.17) is 0 Å². The maximum Gasteiger partial charge on any atom is 0.222 e. The second-order valence-electron chi connectivity index (χ2n) is 7.17. The molecule has 1 aliphatic heterocycles. The van der Waals surface area contributed by atoms with Gasteiger partial charge in [-0.1, -0.05) is 32.0 Å². The van der Waals surface area contributed by atoms with Crippen molar-refractivity contribution in [3.63, 3.8) is 0 Å². The number of benzene rings is 1. The van der Waals surface area contributed by atoms with Crippen LogP contribution in [-0.2, 0) is 11.3 Å². The molecule has 1 aromatic carbocycles. The first-order valence-electron chi connectivity index (χ1n) is 8.72. The zero-order valence-corrected chi connectivity index (χ0v) is 15.0. The van der Waals surface area contributed by atoms with Gasteiger partial charge in [0.05, 0.1) is 0 Å². The minimum atomic E-state index is 0.0710. The molecule has 1 saturated heterocycles. The number of rotatable bonds is 6. The number of hydrogen-bond donors (Lipinski definition) is 1. The smallest absolute Gasteiger partial charge is 0.222 e. The Morgan fingerprint density at radius 1 is 1.35 bits per heavy atom. The Labute approximate surface area is 140 Å². The van der Waals surface area contributed by atoms with E-state index in [1.807, 2.05) is 13.8 Å². The molecule has 0 radical (unpaired) electrons. The molecule has 0 aliphatic carbocycles. The topological polar surface area (TPSA) is 35.6 Å². The molecule has 128 valence electrons. The average Bonchev–Trinajstić information content (AvgIpc) is 2.53. The third-order valence-electron chi connectivity index (χ3n) is 4.56. The summed E-state index contributed by atoms with van der Waals surface area (Å²) in [5.74, 6) is 0.805. The molecule has 1 aromatic rings.